The molecule has 2 unspecified atom stereocenters. The van der Waals surface area contributed by atoms with E-state index in [-0.39, 0.29) is 10.8 Å². The molecule has 1 aliphatic heterocycles. The van der Waals surface area contributed by atoms with Gasteiger partial charge in [0.2, 0.25) is 0 Å². The van der Waals surface area contributed by atoms with Crippen LogP contribution < -0.4 is 5.32 Å². The van der Waals surface area contributed by atoms with Crippen LogP contribution >= 0.6 is 11.6 Å². The summed E-state index contributed by atoms with van der Waals surface area (Å²) in [4.78, 5) is 2.60. The van der Waals surface area contributed by atoms with E-state index in [0.29, 0.717) is 23.9 Å². The van der Waals surface area contributed by atoms with Crippen LogP contribution in [-0.4, -0.2) is 30.1 Å². The third-order valence-corrected chi connectivity index (χ3v) is 5.38. The van der Waals surface area contributed by atoms with Gasteiger partial charge in [0, 0.05) is 30.9 Å². The van der Waals surface area contributed by atoms with E-state index in [1.54, 1.807) is 12.1 Å². The minimum absolute atomic E-state index is 0.199. The molecule has 0 spiro atoms. The molecule has 2 bridgehead atoms. The number of anilines is 1. The van der Waals surface area contributed by atoms with Crippen molar-refractivity contribution >= 4 is 17.3 Å². The second-order valence-corrected chi connectivity index (χ2v) is 7.20. The van der Waals surface area contributed by atoms with Crippen molar-refractivity contribution in [3.05, 3.63) is 29.0 Å². The van der Waals surface area contributed by atoms with Crippen molar-refractivity contribution in [3.8, 4) is 0 Å². The maximum atomic E-state index is 13.3. The molecule has 0 aromatic heterocycles. The Morgan fingerprint density at radius 2 is 1.90 bits per heavy atom. The Bertz CT molecular complexity index is 492. The van der Waals surface area contributed by atoms with Crippen LogP contribution in [0.3, 0.4) is 0 Å². The van der Waals surface area contributed by atoms with Crippen LogP contribution in [0.15, 0.2) is 18.2 Å². The molecule has 0 amide bonds. The predicted octanol–water partition coefficient (Wildman–Crippen LogP) is 4.40. The van der Waals surface area contributed by atoms with E-state index in [0.717, 1.165) is 5.69 Å². The number of likely N-dealkylation sites (tertiary alicyclic amines) is 1. The second-order valence-electron chi connectivity index (χ2n) is 6.80. The first kappa shape index (κ1) is 15.1. The summed E-state index contributed by atoms with van der Waals surface area (Å²) < 4.78 is 13.3. The van der Waals surface area contributed by atoms with Gasteiger partial charge in [-0.2, -0.15) is 0 Å². The van der Waals surface area contributed by atoms with Gasteiger partial charge >= 0.3 is 0 Å². The summed E-state index contributed by atoms with van der Waals surface area (Å²) in [6.07, 6.45) is 3.91. The molecule has 4 heteroatoms. The molecule has 2 nitrogen and oxygen atoms in total. The maximum absolute atomic E-state index is 13.3. The normalized spacial score (nSPS) is 29.7. The van der Waals surface area contributed by atoms with Crippen LogP contribution in [0.1, 0.15) is 33.1 Å². The number of benzene rings is 1. The van der Waals surface area contributed by atoms with Crippen molar-refractivity contribution in [1.82, 2.24) is 4.90 Å². The monoisotopic (exact) mass is 310 g/mol. The summed E-state index contributed by atoms with van der Waals surface area (Å²) in [6, 6.07) is 6.07. The fourth-order valence-electron chi connectivity index (χ4n) is 3.91. The van der Waals surface area contributed by atoms with E-state index in [1.807, 2.05) is 0 Å². The van der Waals surface area contributed by atoms with E-state index in [9.17, 15) is 4.39 Å². The van der Waals surface area contributed by atoms with Gasteiger partial charge in [0.1, 0.15) is 5.82 Å². The zero-order chi connectivity index (χ0) is 15.0. The van der Waals surface area contributed by atoms with Gasteiger partial charge in [-0.15, -0.1) is 0 Å². The Morgan fingerprint density at radius 1 is 1.24 bits per heavy atom. The van der Waals surface area contributed by atoms with Crippen LogP contribution in [-0.2, 0) is 0 Å². The third-order valence-electron chi connectivity index (χ3n) is 5.09. The Balaban J connectivity index is 1.74. The minimum atomic E-state index is -0.350. The molecular weight excluding hydrogens is 287 g/mol. The molecule has 1 aromatic carbocycles. The Kier molecular flexibility index (Phi) is 4.41. The van der Waals surface area contributed by atoms with Crippen molar-refractivity contribution in [1.29, 1.82) is 0 Å². The van der Waals surface area contributed by atoms with Gasteiger partial charge in [-0.3, -0.25) is 0 Å². The van der Waals surface area contributed by atoms with Gasteiger partial charge in [-0.1, -0.05) is 18.0 Å². The number of fused-ring (bicyclic) bond motifs is 2. The van der Waals surface area contributed by atoms with Crippen LogP contribution in [0.2, 0.25) is 5.02 Å². The molecule has 116 valence electrons. The first-order chi connectivity index (χ1) is 10.0. The molecule has 2 aliphatic rings. The number of hydrogen-bond acceptors (Lipinski definition) is 2. The number of halogens is 2. The van der Waals surface area contributed by atoms with Crippen molar-refractivity contribution in [2.45, 2.75) is 45.2 Å². The van der Waals surface area contributed by atoms with Crippen molar-refractivity contribution in [3.63, 3.8) is 0 Å². The number of piperidine rings is 1. The zero-order valence-corrected chi connectivity index (χ0v) is 13.5. The van der Waals surface area contributed by atoms with Crippen molar-refractivity contribution in [2.24, 2.45) is 11.8 Å². The molecule has 2 atom stereocenters. The SMILES string of the molecule is CC(C)N1CC2CCCC(C1)C2Nc1ccc(F)c(Cl)c1. The molecule has 1 N–H and O–H groups in total. The lowest BCUT2D eigenvalue weighted by atomic mass is 9.73. The van der Waals surface area contributed by atoms with Gasteiger partial charge in [-0.25, -0.2) is 4.39 Å². The first-order valence-electron chi connectivity index (χ1n) is 8.00. The Morgan fingerprint density at radius 3 is 2.48 bits per heavy atom. The van der Waals surface area contributed by atoms with Crippen LogP contribution in [0.25, 0.3) is 0 Å². The van der Waals surface area contributed by atoms with Crippen LogP contribution in [0.4, 0.5) is 10.1 Å². The minimum Gasteiger partial charge on any atom is -0.382 e. The van der Waals surface area contributed by atoms with Gasteiger partial charge in [-0.05, 0) is 56.7 Å². The van der Waals surface area contributed by atoms with Gasteiger partial charge in [0.15, 0.2) is 0 Å². The lowest BCUT2D eigenvalue weighted by Crippen LogP contribution is -2.56. The summed E-state index contributed by atoms with van der Waals surface area (Å²) in [5.41, 5.74) is 0.946. The average Bonchev–Trinajstić information content (AvgIpc) is 2.42. The number of hydrogen-bond donors (Lipinski definition) is 1. The standard InChI is InChI=1S/C17H24ClFN2/c1-11(2)21-9-12-4-3-5-13(10-21)17(12)20-14-6-7-16(19)15(18)8-14/h6-8,11-13,17,20H,3-5,9-10H2,1-2H3. The summed E-state index contributed by atoms with van der Waals surface area (Å²) >= 11 is 5.89. The smallest absolute Gasteiger partial charge is 0.141 e. The van der Waals surface area contributed by atoms with E-state index in [4.69, 9.17) is 11.6 Å². The van der Waals surface area contributed by atoms with E-state index in [1.165, 1.54) is 38.4 Å². The Hall–Kier alpha value is -0.800. The fraction of sp³-hybridized carbons (Fsp3) is 0.647. The lowest BCUT2D eigenvalue weighted by molar-refractivity contribution is 0.0518. The summed E-state index contributed by atoms with van der Waals surface area (Å²) in [5, 5.41) is 3.83. The Labute approximate surface area is 131 Å². The van der Waals surface area contributed by atoms with E-state index >= 15 is 0 Å². The molecule has 2 fully saturated rings. The van der Waals surface area contributed by atoms with E-state index < -0.39 is 0 Å². The topological polar surface area (TPSA) is 15.3 Å². The third kappa shape index (κ3) is 3.19. The largest absolute Gasteiger partial charge is 0.382 e. The fourth-order valence-corrected chi connectivity index (χ4v) is 4.09. The van der Waals surface area contributed by atoms with Crippen LogP contribution in [0.5, 0.6) is 0 Å². The highest BCUT2D eigenvalue weighted by molar-refractivity contribution is 6.31. The highest BCUT2D eigenvalue weighted by atomic mass is 35.5. The van der Waals surface area contributed by atoms with E-state index in [2.05, 4.69) is 24.1 Å². The molecule has 1 aliphatic carbocycles. The average molecular weight is 311 g/mol. The van der Waals surface area contributed by atoms with Crippen LogP contribution in [0, 0.1) is 17.7 Å². The number of nitrogens with one attached hydrogen (secondary N) is 1. The molecule has 0 radical (unpaired) electrons. The van der Waals surface area contributed by atoms with Crippen molar-refractivity contribution in [2.75, 3.05) is 18.4 Å². The maximum Gasteiger partial charge on any atom is 0.141 e. The molecule has 1 saturated heterocycles. The predicted molar refractivity (Wildman–Crippen MR) is 86.4 cm³/mol. The molecule has 21 heavy (non-hydrogen) atoms. The molecule has 1 heterocycles. The van der Waals surface area contributed by atoms with Crippen molar-refractivity contribution < 1.29 is 4.39 Å². The van der Waals surface area contributed by atoms with Gasteiger partial charge in [0.05, 0.1) is 5.02 Å². The summed E-state index contributed by atoms with van der Waals surface area (Å²) in [7, 11) is 0. The highest BCUT2D eigenvalue weighted by Gasteiger charge is 2.39. The van der Waals surface area contributed by atoms with Gasteiger partial charge < -0.3 is 10.2 Å². The number of rotatable bonds is 3. The second kappa shape index (κ2) is 6.13. The highest BCUT2D eigenvalue weighted by Crippen LogP contribution is 2.37. The first-order valence-corrected chi connectivity index (χ1v) is 8.38. The molecular formula is C17H24ClFN2. The molecule has 1 saturated carbocycles. The number of nitrogens with zero attached hydrogens (tertiary/aromatic N) is 1. The lowest BCUT2D eigenvalue weighted by Gasteiger charge is -2.49. The quantitative estimate of drug-likeness (QED) is 0.890. The molecule has 3 rings (SSSR count). The summed E-state index contributed by atoms with van der Waals surface area (Å²) in [6.45, 7) is 6.90. The zero-order valence-electron chi connectivity index (χ0n) is 12.8. The van der Waals surface area contributed by atoms with Gasteiger partial charge in [0.25, 0.3) is 0 Å². The molecule has 1 aromatic rings. The summed E-state index contributed by atoms with van der Waals surface area (Å²) in [5.74, 6) is 1.02.